The summed E-state index contributed by atoms with van der Waals surface area (Å²) in [5.74, 6) is 0.933. The van der Waals surface area contributed by atoms with Crippen LogP contribution in [0.2, 0.25) is 0 Å². The van der Waals surface area contributed by atoms with Crippen molar-refractivity contribution >= 4 is 23.2 Å². The molecule has 0 fully saturated rings. The number of thiazole rings is 1. The smallest absolute Gasteiger partial charge is 0.255 e. The van der Waals surface area contributed by atoms with Gasteiger partial charge in [0, 0.05) is 37.6 Å². The van der Waals surface area contributed by atoms with E-state index in [4.69, 9.17) is 10.5 Å². The monoisotopic (exact) mass is 389 g/mol. The number of rotatable bonds is 10. The summed E-state index contributed by atoms with van der Waals surface area (Å²) in [6.45, 7) is 3.59. The molecule has 0 aliphatic rings. The minimum Gasteiger partial charge on any atom is -0.484 e. The summed E-state index contributed by atoms with van der Waals surface area (Å²) in [5, 5.41) is 7.76. The number of ether oxygens (including phenoxy) is 1. The molecular formula is C19H27N5O2S. The summed E-state index contributed by atoms with van der Waals surface area (Å²) < 4.78 is 5.25. The quantitative estimate of drug-likeness (QED) is 0.422. The fraction of sp³-hybridized carbons (Fsp3) is 0.421. The van der Waals surface area contributed by atoms with Crippen LogP contribution in [-0.4, -0.2) is 43.6 Å². The van der Waals surface area contributed by atoms with Gasteiger partial charge in [0.1, 0.15) is 5.75 Å². The van der Waals surface area contributed by atoms with Crippen LogP contribution < -0.4 is 21.1 Å². The van der Waals surface area contributed by atoms with Crippen LogP contribution in [0.1, 0.15) is 22.4 Å². The van der Waals surface area contributed by atoms with Crippen LogP contribution in [0, 0.1) is 0 Å². The van der Waals surface area contributed by atoms with E-state index < -0.39 is 5.91 Å². The standard InChI is InChI=1S/C19H27N5O2S/c1-3-16-12-24-18(27-16)9-11-23-19(21-2)22-10-8-14-4-6-15(7-5-14)26-13-17(20)25/h4-7,12H,3,8-11,13H2,1-2H3,(H2,20,25)(H2,21,22,23). The van der Waals surface area contributed by atoms with Crippen LogP contribution in [0.5, 0.6) is 5.75 Å². The maximum Gasteiger partial charge on any atom is 0.255 e. The Kier molecular flexibility index (Phi) is 8.57. The number of benzene rings is 1. The first kappa shape index (κ1) is 20.7. The van der Waals surface area contributed by atoms with E-state index in [1.54, 1.807) is 18.4 Å². The molecule has 1 aromatic heterocycles. The molecule has 2 aromatic rings. The Bertz CT molecular complexity index is 743. The lowest BCUT2D eigenvalue weighted by molar-refractivity contribution is -0.119. The second-order valence-electron chi connectivity index (χ2n) is 5.90. The van der Waals surface area contributed by atoms with Gasteiger partial charge in [0.05, 0.1) is 5.01 Å². The van der Waals surface area contributed by atoms with Gasteiger partial charge >= 0.3 is 0 Å². The zero-order chi connectivity index (χ0) is 19.5. The third kappa shape index (κ3) is 7.65. The summed E-state index contributed by atoms with van der Waals surface area (Å²) in [4.78, 5) is 20.7. The lowest BCUT2D eigenvalue weighted by Gasteiger charge is -2.11. The summed E-state index contributed by atoms with van der Waals surface area (Å²) in [5.41, 5.74) is 6.23. The summed E-state index contributed by atoms with van der Waals surface area (Å²) >= 11 is 1.77. The Balaban J connectivity index is 1.67. The topological polar surface area (TPSA) is 102 Å². The first-order valence-corrected chi connectivity index (χ1v) is 9.80. The molecule has 4 N–H and O–H groups in total. The Morgan fingerprint density at radius 1 is 1.22 bits per heavy atom. The van der Waals surface area contributed by atoms with E-state index in [1.807, 2.05) is 30.5 Å². The van der Waals surface area contributed by atoms with Gasteiger partial charge < -0.3 is 21.1 Å². The van der Waals surface area contributed by atoms with Gasteiger partial charge in [-0.2, -0.15) is 0 Å². The predicted molar refractivity (Wildman–Crippen MR) is 109 cm³/mol. The minimum absolute atomic E-state index is 0.107. The van der Waals surface area contributed by atoms with E-state index >= 15 is 0 Å². The van der Waals surface area contributed by atoms with Crippen LogP contribution in [0.4, 0.5) is 0 Å². The molecule has 8 heteroatoms. The lowest BCUT2D eigenvalue weighted by atomic mass is 10.1. The molecule has 0 unspecified atom stereocenters. The Morgan fingerprint density at radius 2 is 1.93 bits per heavy atom. The molecule has 1 heterocycles. The van der Waals surface area contributed by atoms with Crippen LogP contribution in [0.25, 0.3) is 0 Å². The maximum absolute atomic E-state index is 10.7. The number of carbonyl (C=O) groups excluding carboxylic acids is 1. The van der Waals surface area contributed by atoms with E-state index in [2.05, 4.69) is 27.5 Å². The average molecular weight is 390 g/mol. The average Bonchev–Trinajstić information content (AvgIpc) is 3.14. The van der Waals surface area contributed by atoms with E-state index in [-0.39, 0.29) is 6.61 Å². The third-order valence-corrected chi connectivity index (χ3v) is 5.02. The number of aryl methyl sites for hydroxylation is 1. The zero-order valence-corrected chi connectivity index (χ0v) is 16.6. The molecule has 1 amide bonds. The summed E-state index contributed by atoms with van der Waals surface area (Å²) in [7, 11) is 1.76. The lowest BCUT2D eigenvalue weighted by Crippen LogP contribution is -2.39. The van der Waals surface area contributed by atoms with Gasteiger partial charge in [-0.05, 0) is 30.5 Å². The van der Waals surface area contributed by atoms with Crippen molar-refractivity contribution in [2.24, 2.45) is 10.7 Å². The normalized spacial score (nSPS) is 11.3. The molecule has 1 aromatic carbocycles. The number of nitrogens with one attached hydrogen (secondary N) is 2. The van der Waals surface area contributed by atoms with Crippen molar-refractivity contribution in [2.75, 3.05) is 26.7 Å². The van der Waals surface area contributed by atoms with Crippen molar-refractivity contribution in [2.45, 2.75) is 26.2 Å². The molecule has 27 heavy (non-hydrogen) atoms. The van der Waals surface area contributed by atoms with E-state index in [0.717, 1.165) is 43.3 Å². The first-order chi connectivity index (χ1) is 13.1. The SMILES string of the molecule is CCc1cnc(CCNC(=NC)NCCc2ccc(OCC(N)=O)cc2)s1. The molecule has 0 radical (unpaired) electrons. The highest BCUT2D eigenvalue weighted by atomic mass is 32.1. The fourth-order valence-corrected chi connectivity index (χ4v) is 3.23. The number of primary amides is 1. The van der Waals surface area contributed by atoms with E-state index in [9.17, 15) is 4.79 Å². The van der Waals surface area contributed by atoms with Gasteiger partial charge in [-0.3, -0.25) is 9.79 Å². The molecule has 0 saturated heterocycles. The van der Waals surface area contributed by atoms with Crippen LogP contribution >= 0.6 is 11.3 Å². The van der Waals surface area contributed by atoms with Gasteiger partial charge in [0.2, 0.25) is 0 Å². The highest BCUT2D eigenvalue weighted by molar-refractivity contribution is 7.11. The molecule has 0 spiro atoms. The van der Waals surface area contributed by atoms with Crippen LogP contribution in [-0.2, 0) is 24.1 Å². The van der Waals surface area contributed by atoms with Gasteiger partial charge in [-0.1, -0.05) is 19.1 Å². The van der Waals surface area contributed by atoms with E-state index in [0.29, 0.717) is 5.75 Å². The maximum atomic E-state index is 10.7. The fourth-order valence-electron chi connectivity index (χ4n) is 2.37. The van der Waals surface area contributed by atoms with Crippen LogP contribution in [0.15, 0.2) is 35.5 Å². The van der Waals surface area contributed by atoms with Gasteiger partial charge in [-0.15, -0.1) is 11.3 Å². The van der Waals surface area contributed by atoms with Crippen molar-refractivity contribution < 1.29 is 9.53 Å². The molecule has 0 saturated carbocycles. The van der Waals surface area contributed by atoms with E-state index in [1.165, 1.54) is 10.4 Å². The summed E-state index contributed by atoms with van der Waals surface area (Å²) in [6.07, 6.45) is 4.73. The number of amides is 1. The van der Waals surface area contributed by atoms with Gasteiger partial charge in [0.15, 0.2) is 12.6 Å². The largest absolute Gasteiger partial charge is 0.484 e. The Morgan fingerprint density at radius 3 is 2.52 bits per heavy atom. The number of aliphatic imine (C=N–C) groups is 1. The second-order valence-corrected chi connectivity index (χ2v) is 7.10. The molecular weight excluding hydrogens is 362 g/mol. The Hall–Kier alpha value is -2.61. The molecule has 0 bridgehead atoms. The number of hydrogen-bond donors (Lipinski definition) is 3. The first-order valence-electron chi connectivity index (χ1n) is 8.98. The third-order valence-electron chi connectivity index (χ3n) is 3.82. The van der Waals surface area contributed by atoms with Crippen molar-refractivity contribution in [3.8, 4) is 5.75 Å². The number of carbonyl (C=O) groups is 1. The number of hydrogen-bond acceptors (Lipinski definition) is 5. The second kappa shape index (κ2) is 11.2. The number of guanidine groups is 1. The Labute approximate surface area is 164 Å². The highest BCUT2D eigenvalue weighted by Gasteiger charge is 2.03. The molecule has 0 atom stereocenters. The minimum atomic E-state index is -0.483. The summed E-state index contributed by atoms with van der Waals surface area (Å²) in [6, 6.07) is 7.62. The zero-order valence-electron chi connectivity index (χ0n) is 15.8. The number of aromatic nitrogens is 1. The molecule has 2 rings (SSSR count). The molecule has 0 aliphatic carbocycles. The van der Waals surface area contributed by atoms with Gasteiger partial charge in [0.25, 0.3) is 5.91 Å². The van der Waals surface area contributed by atoms with Crippen LogP contribution in [0.3, 0.4) is 0 Å². The molecule has 0 aliphatic heterocycles. The predicted octanol–water partition coefficient (Wildman–Crippen LogP) is 1.52. The number of nitrogens with zero attached hydrogens (tertiary/aromatic N) is 2. The highest BCUT2D eigenvalue weighted by Crippen LogP contribution is 2.13. The van der Waals surface area contributed by atoms with Gasteiger partial charge in [-0.25, -0.2) is 4.98 Å². The van der Waals surface area contributed by atoms with Crippen molar-refractivity contribution in [1.29, 1.82) is 0 Å². The molecule has 146 valence electrons. The molecule has 7 nitrogen and oxygen atoms in total. The number of nitrogens with two attached hydrogens (primary N) is 1. The van der Waals surface area contributed by atoms with Crippen molar-refractivity contribution in [3.05, 3.63) is 45.9 Å². The van der Waals surface area contributed by atoms with Crippen molar-refractivity contribution in [1.82, 2.24) is 15.6 Å². The van der Waals surface area contributed by atoms with Crippen molar-refractivity contribution in [3.63, 3.8) is 0 Å².